The first kappa shape index (κ1) is 20.6. The van der Waals surface area contributed by atoms with Crippen LogP contribution in [0.2, 0.25) is 5.02 Å². The highest BCUT2D eigenvalue weighted by atomic mass is 35.5. The van der Waals surface area contributed by atoms with Crippen LogP contribution in [-0.4, -0.2) is 15.1 Å². The molecule has 0 aliphatic heterocycles. The van der Waals surface area contributed by atoms with Crippen LogP contribution in [0.4, 0.5) is 0 Å². The molecule has 2 nitrogen and oxygen atoms in total. The number of hydrogen-bond donors (Lipinski definition) is 1. The van der Waals surface area contributed by atoms with Crippen molar-refractivity contribution in [2.24, 2.45) is 0 Å². The average Bonchev–Trinajstić information content (AvgIpc) is 2.94. The van der Waals surface area contributed by atoms with Crippen LogP contribution in [0.25, 0.3) is 35.2 Å². The first-order valence-corrected chi connectivity index (χ1v) is 11.2. The predicted octanol–water partition coefficient (Wildman–Crippen LogP) is 7.95. The van der Waals surface area contributed by atoms with Crippen molar-refractivity contribution in [3.8, 4) is 0 Å². The molecule has 0 fully saturated rings. The van der Waals surface area contributed by atoms with Gasteiger partial charge in [0.2, 0.25) is 0 Å². The van der Waals surface area contributed by atoms with Gasteiger partial charge in [0.25, 0.3) is 0 Å². The number of halogens is 1. The van der Waals surface area contributed by atoms with E-state index in [-0.39, 0.29) is 11.0 Å². The minimum Gasteiger partial charge on any atom is -0.502 e. The predicted molar refractivity (Wildman–Crippen MR) is 139 cm³/mol. The number of aromatic nitrogens is 1. The topological polar surface area (TPSA) is 33.1 Å². The SMILES string of the molecule is OC(=S)CC1c2ccccc2C=Cc2ccc(C=Cc3ccc4ccc(Cl)cc4n3)cc21. The largest absolute Gasteiger partial charge is 0.502 e. The number of benzene rings is 3. The third-order valence-electron chi connectivity index (χ3n) is 5.80. The molecule has 1 aliphatic carbocycles. The van der Waals surface area contributed by atoms with Crippen molar-refractivity contribution in [2.75, 3.05) is 0 Å². The number of pyridine rings is 1. The molecule has 32 heavy (non-hydrogen) atoms. The summed E-state index contributed by atoms with van der Waals surface area (Å²) in [5.74, 6) is 0.00276. The Bertz CT molecular complexity index is 1410. The van der Waals surface area contributed by atoms with E-state index in [1.807, 2.05) is 42.5 Å². The Balaban J connectivity index is 1.52. The summed E-state index contributed by atoms with van der Waals surface area (Å²) in [4.78, 5) is 4.71. The molecule has 0 radical (unpaired) electrons. The van der Waals surface area contributed by atoms with Gasteiger partial charge in [-0.2, -0.15) is 0 Å². The molecule has 1 heterocycles. The molecule has 3 aromatic carbocycles. The maximum atomic E-state index is 9.95. The van der Waals surface area contributed by atoms with E-state index < -0.39 is 0 Å². The molecular weight excluding hydrogens is 434 g/mol. The normalized spacial score (nSPS) is 14.8. The van der Waals surface area contributed by atoms with Crippen LogP contribution in [0, 0.1) is 0 Å². The second kappa shape index (κ2) is 8.70. The molecule has 0 saturated carbocycles. The lowest BCUT2D eigenvalue weighted by atomic mass is 9.84. The highest BCUT2D eigenvalue weighted by molar-refractivity contribution is 7.80. The van der Waals surface area contributed by atoms with Crippen molar-refractivity contribution in [1.82, 2.24) is 4.98 Å². The van der Waals surface area contributed by atoms with Gasteiger partial charge >= 0.3 is 0 Å². The molecule has 1 atom stereocenters. The van der Waals surface area contributed by atoms with Crippen LogP contribution in [0.5, 0.6) is 0 Å². The average molecular weight is 454 g/mol. The summed E-state index contributed by atoms with van der Waals surface area (Å²) in [5.41, 5.74) is 7.43. The molecule has 4 aromatic rings. The zero-order valence-electron chi connectivity index (χ0n) is 17.2. The van der Waals surface area contributed by atoms with Crippen molar-refractivity contribution in [2.45, 2.75) is 12.3 Å². The molecule has 1 unspecified atom stereocenters. The fourth-order valence-corrected chi connectivity index (χ4v) is 4.59. The summed E-state index contributed by atoms with van der Waals surface area (Å²) in [5, 5.41) is 11.7. The van der Waals surface area contributed by atoms with E-state index in [2.05, 4.69) is 54.6 Å². The lowest BCUT2D eigenvalue weighted by Crippen LogP contribution is -2.09. The summed E-state index contributed by atoms with van der Waals surface area (Å²) in [6.45, 7) is 0. The highest BCUT2D eigenvalue weighted by Gasteiger charge is 2.22. The van der Waals surface area contributed by atoms with Crippen molar-refractivity contribution in [3.63, 3.8) is 0 Å². The zero-order valence-corrected chi connectivity index (χ0v) is 18.8. The number of fused-ring (bicyclic) bond motifs is 3. The third-order valence-corrected chi connectivity index (χ3v) is 6.20. The van der Waals surface area contributed by atoms with Gasteiger partial charge in [0, 0.05) is 22.7 Å². The summed E-state index contributed by atoms with van der Waals surface area (Å²) >= 11 is 11.2. The van der Waals surface area contributed by atoms with Crippen LogP contribution >= 0.6 is 23.8 Å². The first-order valence-electron chi connectivity index (χ1n) is 10.4. The van der Waals surface area contributed by atoms with Crippen molar-refractivity contribution in [1.29, 1.82) is 0 Å². The van der Waals surface area contributed by atoms with Gasteiger partial charge in [-0.1, -0.05) is 84.4 Å². The number of thiocarbonyl (C=S) groups is 1. The number of rotatable bonds is 4. The maximum Gasteiger partial charge on any atom is 0.157 e. The van der Waals surface area contributed by atoms with Gasteiger partial charge < -0.3 is 5.11 Å². The Morgan fingerprint density at radius 1 is 0.906 bits per heavy atom. The van der Waals surface area contributed by atoms with Gasteiger partial charge in [0.05, 0.1) is 11.2 Å². The van der Waals surface area contributed by atoms with Gasteiger partial charge in [-0.15, -0.1) is 0 Å². The fourth-order valence-electron chi connectivity index (χ4n) is 4.25. The van der Waals surface area contributed by atoms with Crippen molar-refractivity contribution in [3.05, 3.63) is 111 Å². The van der Waals surface area contributed by atoms with E-state index in [0.29, 0.717) is 11.4 Å². The summed E-state index contributed by atoms with van der Waals surface area (Å²) in [6.07, 6.45) is 8.76. The molecule has 4 heteroatoms. The van der Waals surface area contributed by atoms with E-state index >= 15 is 0 Å². The van der Waals surface area contributed by atoms with Crippen molar-refractivity contribution < 1.29 is 5.11 Å². The molecular formula is C28H20ClNOS. The Morgan fingerprint density at radius 3 is 2.53 bits per heavy atom. The number of nitrogens with zero attached hydrogens (tertiary/aromatic N) is 1. The molecule has 1 aromatic heterocycles. The third kappa shape index (κ3) is 4.22. The van der Waals surface area contributed by atoms with Gasteiger partial charge in [0.15, 0.2) is 5.05 Å². The van der Waals surface area contributed by atoms with Gasteiger partial charge in [-0.25, -0.2) is 4.98 Å². The molecule has 5 rings (SSSR count). The number of aliphatic hydroxyl groups excluding tert-OH is 1. The van der Waals surface area contributed by atoms with Gasteiger partial charge in [0.1, 0.15) is 0 Å². The second-order valence-electron chi connectivity index (χ2n) is 7.91. The van der Waals surface area contributed by atoms with E-state index in [0.717, 1.165) is 38.9 Å². The number of hydrogen-bond acceptors (Lipinski definition) is 2. The van der Waals surface area contributed by atoms with E-state index in [1.54, 1.807) is 0 Å². The Kier molecular flexibility index (Phi) is 5.60. The Morgan fingerprint density at radius 2 is 1.69 bits per heavy atom. The van der Waals surface area contributed by atoms with Crippen molar-refractivity contribution >= 4 is 64.1 Å². The van der Waals surface area contributed by atoms with Gasteiger partial charge in [-0.05, 0) is 64.3 Å². The summed E-state index contributed by atoms with van der Waals surface area (Å²) in [6, 6.07) is 24.5. The minimum atomic E-state index is 0.00276. The fraction of sp³-hybridized carbons (Fsp3) is 0.0714. The maximum absolute atomic E-state index is 9.95. The molecule has 0 spiro atoms. The van der Waals surface area contributed by atoms with E-state index in [4.69, 9.17) is 28.8 Å². The Hall–Kier alpha value is -3.27. The molecule has 0 saturated heterocycles. The Labute approximate surface area is 197 Å². The van der Waals surface area contributed by atoms with Crippen LogP contribution in [0.1, 0.15) is 45.8 Å². The van der Waals surface area contributed by atoms with Gasteiger partial charge in [-0.3, -0.25) is 0 Å². The smallest absolute Gasteiger partial charge is 0.157 e. The number of aliphatic hydroxyl groups is 1. The first-order chi connectivity index (χ1) is 15.6. The standard InChI is InChI=1S/C28H20ClNOS/c29-22-12-10-21-11-14-23(30-27(21)16-22)13-6-18-5-7-20-9-8-19-3-1-2-4-24(19)26(17-28(31)32)25(20)15-18/h1-16,26H,17H2,(H,31,32). The van der Waals surface area contributed by atoms with E-state index in [9.17, 15) is 5.11 Å². The molecule has 156 valence electrons. The molecule has 0 amide bonds. The summed E-state index contributed by atoms with van der Waals surface area (Å²) in [7, 11) is 0. The minimum absolute atomic E-state index is 0.00276. The molecule has 0 bridgehead atoms. The monoisotopic (exact) mass is 453 g/mol. The lowest BCUT2D eigenvalue weighted by molar-refractivity contribution is 0.540. The van der Waals surface area contributed by atoms with Crippen LogP contribution < -0.4 is 0 Å². The van der Waals surface area contributed by atoms with E-state index in [1.165, 1.54) is 5.56 Å². The van der Waals surface area contributed by atoms with Crippen LogP contribution in [-0.2, 0) is 0 Å². The summed E-state index contributed by atoms with van der Waals surface area (Å²) < 4.78 is 0. The molecule has 1 N–H and O–H groups in total. The molecule has 1 aliphatic rings. The quantitative estimate of drug-likeness (QED) is 0.318. The van der Waals surface area contributed by atoms with Crippen LogP contribution in [0.3, 0.4) is 0 Å². The lowest BCUT2D eigenvalue weighted by Gasteiger charge is -2.20. The highest BCUT2D eigenvalue weighted by Crippen LogP contribution is 2.37. The van der Waals surface area contributed by atoms with Crippen LogP contribution in [0.15, 0.2) is 72.8 Å². The zero-order chi connectivity index (χ0) is 22.1. The second-order valence-corrected chi connectivity index (χ2v) is 8.82.